The number of aromatic amines is 1. The molecular weight excluding hydrogens is 312 g/mol. The number of carbonyl (C=O) groups is 1. The number of H-pyrrole nitrogens is 1. The number of rotatable bonds is 6. The lowest BCUT2D eigenvalue weighted by molar-refractivity contribution is -0.133. The van der Waals surface area contributed by atoms with Gasteiger partial charge in [0.2, 0.25) is 0 Å². The van der Waals surface area contributed by atoms with E-state index in [0.717, 1.165) is 22.0 Å². The van der Waals surface area contributed by atoms with Crippen LogP contribution in [0.3, 0.4) is 0 Å². The molecule has 0 aliphatic rings. The van der Waals surface area contributed by atoms with Gasteiger partial charge in [0, 0.05) is 18.0 Å². The van der Waals surface area contributed by atoms with Crippen molar-refractivity contribution in [2.24, 2.45) is 5.16 Å². The number of esters is 1. The zero-order valence-corrected chi connectivity index (χ0v) is 13.5. The van der Waals surface area contributed by atoms with Crippen LogP contribution in [0.2, 0.25) is 0 Å². The number of aliphatic hydroxyl groups excluding tert-OH is 1. The molecule has 2 aromatic rings. The molecule has 24 heavy (non-hydrogen) atoms. The van der Waals surface area contributed by atoms with Gasteiger partial charge in [0.25, 0.3) is 0 Å². The second-order valence-electron chi connectivity index (χ2n) is 5.65. The molecule has 0 saturated heterocycles. The van der Waals surface area contributed by atoms with Crippen LogP contribution < -0.4 is 0 Å². The van der Waals surface area contributed by atoms with E-state index in [1.54, 1.807) is 12.3 Å². The van der Waals surface area contributed by atoms with Crippen LogP contribution in [0.4, 0.5) is 0 Å². The molecule has 0 aliphatic carbocycles. The predicted molar refractivity (Wildman–Crippen MR) is 90.0 cm³/mol. The summed E-state index contributed by atoms with van der Waals surface area (Å²) in [6, 6.07) is 5.56. The third-order valence-electron chi connectivity index (χ3n) is 3.68. The first kappa shape index (κ1) is 17.7. The molecule has 0 amide bonds. The number of fused-ring (bicyclic) bond motifs is 1. The van der Waals surface area contributed by atoms with Crippen LogP contribution in [-0.2, 0) is 16.0 Å². The van der Waals surface area contributed by atoms with Crippen LogP contribution >= 0.6 is 0 Å². The Bertz CT molecular complexity index is 789. The number of ether oxygens (including phenoxy) is 1. The lowest BCUT2D eigenvalue weighted by Gasteiger charge is -2.14. The molecule has 1 aromatic carbocycles. The van der Waals surface area contributed by atoms with Gasteiger partial charge in [-0.15, -0.1) is 0 Å². The highest BCUT2D eigenvalue weighted by Crippen LogP contribution is 2.24. The molecule has 0 aliphatic heterocycles. The zero-order valence-electron chi connectivity index (χ0n) is 13.5. The van der Waals surface area contributed by atoms with Gasteiger partial charge < -0.3 is 25.1 Å². The Morgan fingerprint density at radius 1 is 1.46 bits per heavy atom. The van der Waals surface area contributed by atoms with Crippen LogP contribution in [0.5, 0.6) is 0 Å². The fraction of sp³-hybridized carbons (Fsp3) is 0.294. The molecule has 2 rings (SSSR count). The van der Waals surface area contributed by atoms with E-state index < -0.39 is 11.6 Å². The molecule has 1 unspecified atom stereocenters. The van der Waals surface area contributed by atoms with E-state index in [9.17, 15) is 9.90 Å². The van der Waals surface area contributed by atoms with Crippen molar-refractivity contribution in [1.29, 1.82) is 0 Å². The van der Waals surface area contributed by atoms with Crippen molar-refractivity contribution in [2.45, 2.75) is 18.9 Å². The second kappa shape index (κ2) is 7.29. The maximum Gasteiger partial charge on any atom is 0.356 e. The quantitative estimate of drug-likeness (QED) is 0.277. The molecular formula is C17H20N2O5. The summed E-state index contributed by atoms with van der Waals surface area (Å²) in [5.41, 5.74) is 0.988. The molecule has 0 spiro atoms. The fourth-order valence-electron chi connectivity index (χ4n) is 2.29. The lowest BCUT2D eigenvalue weighted by Crippen LogP contribution is -2.25. The van der Waals surface area contributed by atoms with Crippen molar-refractivity contribution >= 4 is 28.7 Å². The largest absolute Gasteiger partial charge is 0.464 e. The van der Waals surface area contributed by atoms with Crippen LogP contribution in [0.25, 0.3) is 17.0 Å². The standard InChI is InChI=1S/C17H20N2O5/c1-17(22,10-20)7-6-11-4-3-5-13-12(9-18-15(11)13)8-14(19-23)16(21)24-2/h3-7,9,18,20,22-23H,8,10H2,1-2H3/b7-6+,19-14-. The number of carbonyl (C=O) groups excluding carboxylic acids is 1. The van der Waals surface area contributed by atoms with E-state index in [4.69, 9.17) is 10.3 Å². The Hall–Kier alpha value is -2.64. The van der Waals surface area contributed by atoms with Gasteiger partial charge >= 0.3 is 5.97 Å². The van der Waals surface area contributed by atoms with Crippen LogP contribution in [0.1, 0.15) is 18.1 Å². The molecule has 7 nitrogen and oxygen atoms in total. The minimum atomic E-state index is -1.31. The summed E-state index contributed by atoms with van der Waals surface area (Å²) in [6.45, 7) is 1.12. The lowest BCUT2D eigenvalue weighted by atomic mass is 10.0. The number of aliphatic hydroxyl groups is 2. The van der Waals surface area contributed by atoms with Gasteiger partial charge in [0.1, 0.15) is 5.60 Å². The average molecular weight is 332 g/mol. The van der Waals surface area contributed by atoms with Crippen LogP contribution in [0.15, 0.2) is 35.6 Å². The van der Waals surface area contributed by atoms with Gasteiger partial charge in [0.15, 0.2) is 5.71 Å². The first-order chi connectivity index (χ1) is 11.4. The van der Waals surface area contributed by atoms with Gasteiger partial charge in [0.05, 0.1) is 19.2 Å². The Morgan fingerprint density at radius 3 is 2.83 bits per heavy atom. The Kier molecular flexibility index (Phi) is 5.38. The molecule has 4 N–H and O–H groups in total. The summed E-state index contributed by atoms with van der Waals surface area (Å²) in [4.78, 5) is 14.6. The number of benzene rings is 1. The summed E-state index contributed by atoms with van der Waals surface area (Å²) in [5, 5.41) is 31.8. The van der Waals surface area contributed by atoms with Gasteiger partial charge in [-0.1, -0.05) is 35.5 Å². The maximum absolute atomic E-state index is 11.5. The van der Waals surface area contributed by atoms with Crippen LogP contribution in [-0.4, -0.2) is 51.4 Å². The molecule has 1 heterocycles. The van der Waals surface area contributed by atoms with Crippen molar-refractivity contribution in [3.63, 3.8) is 0 Å². The van der Waals surface area contributed by atoms with Crippen LogP contribution in [0, 0.1) is 0 Å². The van der Waals surface area contributed by atoms with E-state index in [1.165, 1.54) is 20.1 Å². The third kappa shape index (κ3) is 3.81. The van der Waals surface area contributed by atoms with E-state index in [0.29, 0.717) is 0 Å². The van der Waals surface area contributed by atoms with Crippen molar-refractivity contribution in [1.82, 2.24) is 4.98 Å². The molecule has 1 atom stereocenters. The topological polar surface area (TPSA) is 115 Å². The normalized spacial score (nSPS) is 14.9. The van der Waals surface area contributed by atoms with Gasteiger partial charge in [-0.05, 0) is 18.1 Å². The van der Waals surface area contributed by atoms with Gasteiger partial charge in [-0.3, -0.25) is 0 Å². The smallest absolute Gasteiger partial charge is 0.356 e. The first-order valence-electron chi connectivity index (χ1n) is 7.32. The van der Waals surface area contributed by atoms with Crippen molar-refractivity contribution in [2.75, 3.05) is 13.7 Å². The fourth-order valence-corrected chi connectivity index (χ4v) is 2.29. The van der Waals surface area contributed by atoms with Crippen molar-refractivity contribution in [3.05, 3.63) is 41.6 Å². The minimum Gasteiger partial charge on any atom is -0.464 e. The number of methoxy groups -OCH3 is 1. The number of hydrogen-bond donors (Lipinski definition) is 4. The molecule has 0 bridgehead atoms. The second-order valence-corrected chi connectivity index (χ2v) is 5.65. The van der Waals surface area contributed by atoms with E-state index >= 15 is 0 Å². The van der Waals surface area contributed by atoms with E-state index in [-0.39, 0.29) is 18.7 Å². The molecule has 0 fully saturated rings. The maximum atomic E-state index is 11.5. The molecule has 0 radical (unpaired) electrons. The summed E-state index contributed by atoms with van der Waals surface area (Å²) in [6.07, 6.45) is 5.06. The molecule has 128 valence electrons. The Balaban J connectivity index is 2.37. The number of nitrogens with zero attached hydrogens (tertiary/aromatic N) is 1. The number of para-hydroxylation sites is 1. The number of hydrogen-bond acceptors (Lipinski definition) is 6. The number of aromatic nitrogens is 1. The minimum absolute atomic E-state index is 0.0949. The highest BCUT2D eigenvalue weighted by Gasteiger charge is 2.17. The van der Waals surface area contributed by atoms with Gasteiger partial charge in [-0.25, -0.2) is 4.79 Å². The summed E-state index contributed by atoms with van der Waals surface area (Å²) in [7, 11) is 1.22. The highest BCUT2D eigenvalue weighted by molar-refractivity contribution is 6.37. The zero-order chi connectivity index (χ0) is 17.7. The Labute approximate surface area is 138 Å². The van der Waals surface area contributed by atoms with E-state index in [2.05, 4.69) is 14.9 Å². The van der Waals surface area contributed by atoms with Crippen molar-refractivity contribution in [3.8, 4) is 0 Å². The SMILES string of the molecule is COC(=O)/C(Cc1c[nH]c2c(/C=C/C(C)(O)CO)cccc12)=N\O. The van der Waals surface area contributed by atoms with Crippen molar-refractivity contribution < 1.29 is 25.0 Å². The number of nitrogens with one attached hydrogen (secondary N) is 1. The highest BCUT2D eigenvalue weighted by atomic mass is 16.5. The molecule has 1 aromatic heterocycles. The predicted octanol–water partition coefficient (Wildman–Crippen LogP) is 1.47. The van der Waals surface area contributed by atoms with Gasteiger partial charge in [-0.2, -0.15) is 0 Å². The van der Waals surface area contributed by atoms with E-state index in [1.807, 2.05) is 18.2 Å². The third-order valence-corrected chi connectivity index (χ3v) is 3.68. The summed E-state index contributed by atoms with van der Waals surface area (Å²) in [5.74, 6) is -0.693. The first-order valence-corrected chi connectivity index (χ1v) is 7.32. The average Bonchev–Trinajstić information content (AvgIpc) is 3.00. The molecule has 7 heteroatoms. The Morgan fingerprint density at radius 2 is 2.21 bits per heavy atom. The summed E-state index contributed by atoms with van der Waals surface area (Å²) < 4.78 is 4.57. The molecule has 0 saturated carbocycles. The number of oxime groups is 1. The monoisotopic (exact) mass is 332 g/mol. The summed E-state index contributed by atoms with van der Waals surface area (Å²) >= 11 is 0.